The van der Waals surface area contributed by atoms with Gasteiger partial charge in [0.15, 0.2) is 6.61 Å². The number of hydrogen-bond acceptors (Lipinski definition) is 6. The van der Waals surface area contributed by atoms with Crippen LogP contribution >= 0.6 is 11.6 Å². The van der Waals surface area contributed by atoms with Crippen molar-refractivity contribution in [2.45, 2.75) is 32.1 Å². The highest BCUT2D eigenvalue weighted by atomic mass is 35.5. The summed E-state index contributed by atoms with van der Waals surface area (Å²) in [5, 5.41) is 0.411. The molecule has 2 aliphatic rings. The lowest BCUT2D eigenvalue weighted by Crippen LogP contribution is -2.43. The molecule has 42 heavy (non-hydrogen) atoms. The van der Waals surface area contributed by atoms with Gasteiger partial charge in [-0.2, -0.15) is 13.2 Å². The van der Waals surface area contributed by atoms with Gasteiger partial charge in [-0.05, 0) is 48.4 Å². The van der Waals surface area contributed by atoms with Crippen LogP contribution in [0.25, 0.3) is 5.65 Å². The average molecular weight is 600 g/mol. The maximum Gasteiger partial charge on any atom is 0.416 e. The number of nitrogens with zero attached hydrogens (tertiary/aromatic N) is 5. The number of carbonyl (C=O) groups excluding carboxylic acids is 1. The molecule has 0 spiro atoms. The maximum absolute atomic E-state index is 13.6. The van der Waals surface area contributed by atoms with Crippen LogP contribution in [0.15, 0.2) is 54.9 Å². The van der Waals surface area contributed by atoms with Crippen LogP contribution in [0.1, 0.15) is 39.8 Å². The van der Waals surface area contributed by atoms with E-state index in [1.165, 1.54) is 6.20 Å². The molecule has 1 atom stereocenters. The number of alkyl halides is 3. The summed E-state index contributed by atoms with van der Waals surface area (Å²) >= 11 is 6.52. The molecule has 5 heterocycles. The zero-order chi connectivity index (χ0) is 29.4. The summed E-state index contributed by atoms with van der Waals surface area (Å²) in [6, 6.07) is 10.6. The lowest BCUT2D eigenvalue weighted by molar-refractivity contribution is -0.137. The summed E-state index contributed by atoms with van der Waals surface area (Å²) in [5.41, 5.74) is 3.19. The first-order valence-corrected chi connectivity index (χ1v) is 14.1. The molecule has 3 aromatic heterocycles. The number of halogens is 4. The normalized spacial score (nSPS) is 17.8. The van der Waals surface area contributed by atoms with Gasteiger partial charge < -0.3 is 18.8 Å². The number of hydrogen-bond donors (Lipinski definition) is 0. The Labute approximate surface area is 245 Å². The smallest absolute Gasteiger partial charge is 0.416 e. The van der Waals surface area contributed by atoms with Gasteiger partial charge in [-0.15, -0.1) is 0 Å². The van der Waals surface area contributed by atoms with Crippen molar-refractivity contribution in [3.05, 3.63) is 93.7 Å². The Morgan fingerprint density at radius 3 is 2.64 bits per heavy atom. The van der Waals surface area contributed by atoms with Gasteiger partial charge >= 0.3 is 6.18 Å². The van der Waals surface area contributed by atoms with E-state index in [4.69, 9.17) is 21.1 Å². The zero-order valence-electron chi connectivity index (χ0n) is 22.9. The van der Waals surface area contributed by atoms with E-state index in [1.54, 1.807) is 21.6 Å². The van der Waals surface area contributed by atoms with Crippen LogP contribution in [0.4, 0.5) is 13.2 Å². The van der Waals surface area contributed by atoms with Crippen molar-refractivity contribution in [2.24, 2.45) is 0 Å². The van der Waals surface area contributed by atoms with Crippen molar-refractivity contribution in [1.82, 2.24) is 24.2 Å². The molecule has 220 valence electrons. The zero-order valence-corrected chi connectivity index (χ0v) is 23.7. The summed E-state index contributed by atoms with van der Waals surface area (Å²) < 4.78 is 53.1. The second-order valence-electron chi connectivity index (χ2n) is 10.5. The number of aromatic nitrogens is 3. The summed E-state index contributed by atoms with van der Waals surface area (Å²) in [7, 11) is 0. The standard InChI is InChI=1S/C30H29ClF3N5O3/c1-19-2-4-23(35-16-19)28-29-24(36-26-15-21(30(32,33)34)6-8-38(26)29)7-9-39(28)27(40)18-42-25-5-3-20(14-22(25)31)17-37-10-12-41-13-11-37/h2-6,8,14-16,28H,7,9-13,17-18H2,1H3. The number of morpholine rings is 1. The first-order valence-electron chi connectivity index (χ1n) is 13.7. The van der Waals surface area contributed by atoms with E-state index in [0.29, 0.717) is 54.0 Å². The van der Waals surface area contributed by atoms with E-state index in [-0.39, 0.29) is 18.2 Å². The third kappa shape index (κ3) is 5.81. The average Bonchev–Trinajstić information content (AvgIpc) is 3.35. The van der Waals surface area contributed by atoms with Crippen LogP contribution in [0.5, 0.6) is 5.75 Å². The lowest BCUT2D eigenvalue weighted by atomic mass is 9.98. The SMILES string of the molecule is Cc1ccc(C2c3c(nc4cc(C(F)(F)F)ccn34)CCN2C(=O)COc2ccc(CN3CCOCC3)cc2Cl)nc1. The molecule has 4 aromatic rings. The molecular formula is C30H29ClF3N5O3. The second kappa shape index (κ2) is 11.5. The molecule has 0 N–H and O–H groups in total. The highest BCUT2D eigenvalue weighted by Gasteiger charge is 2.38. The number of amides is 1. The van der Waals surface area contributed by atoms with E-state index in [0.717, 1.165) is 42.9 Å². The Kier molecular flexibility index (Phi) is 7.82. The number of fused-ring (bicyclic) bond motifs is 3. The Morgan fingerprint density at radius 1 is 1.12 bits per heavy atom. The Bertz CT molecular complexity index is 1600. The van der Waals surface area contributed by atoms with Crippen molar-refractivity contribution in [3.63, 3.8) is 0 Å². The summed E-state index contributed by atoms with van der Waals surface area (Å²) in [6.07, 6.45) is -1.06. The minimum Gasteiger partial charge on any atom is -0.482 e. The highest BCUT2D eigenvalue weighted by Crippen LogP contribution is 2.37. The molecular weight excluding hydrogens is 571 g/mol. The molecule has 12 heteroatoms. The number of rotatable bonds is 6. The van der Waals surface area contributed by atoms with Crippen LogP contribution in [-0.2, 0) is 28.7 Å². The van der Waals surface area contributed by atoms with E-state index in [1.807, 2.05) is 31.2 Å². The maximum atomic E-state index is 13.6. The fourth-order valence-electron chi connectivity index (χ4n) is 5.47. The third-order valence-electron chi connectivity index (χ3n) is 7.62. The molecule has 1 unspecified atom stereocenters. The molecule has 1 saturated heterocycles. The van der Waals surface area contributed by atoms with E-state index < -0.39 is 17.8 Å². The number of aryl methyl sites for hydroxylation is 1. The van der Waals surface area contributed by atoms with Crippen molar-refractivity contribution in [3.8, 4) is 5.75 Å². The second-order valence-corrected chi connectivity index (χ2v) is 10.9. The quantitative estimate of drug-likeness (QED) is 0.307. The van der Waals surface area contributed by atoms with Gasteiger partial charge in [0.2, 0.25) is 0 Å². The Balaban J connectivity index is 1.25. The highest BCUT2D eigenvalue weighted by molar-refractivity contribution is 6.32. The van der Waals surface area contributed by atoms with Crippen LogP contribution in [0.2, 0.25) is 5.02 Å². The van der Waals surface area contributed by atoms with Crippen LogP contribution in [0.3, 0.4) is 0 Å². The fraction of sp³-hybridized carbons (Fsp3) is 0.367. The Morgan fingerprint density at radius 2 is 1.93 bits per heavy atom. The minimum atomic E-state index is -4.49. The Hall–Kier alpha value is -3.67. The first-order chi connectivity index (χ1) is 20.2. The first kappa shape index (κ1) is 28.4. The molecule has 0 saturated carbocycles. The topological polar surface area (TPSA) is 72.2 Å². The number of benzene rings is 1. The van der Waals surface area contributed by atoms with Crippen molar-refractivity contribution < 1.29 is 27.4 Å². The molecule has 1 aromatic carbocycles. The molecule has 2 aliphatic heterocycles. The fourth-order valence-corrected chi connectivity index (χ4v) is 5.73. The molecule has 0 bridgehead atoms. The summed E-state index contributed by atoms with van der Waals surface area (Å²) in [4.78, 5) is 26.7. The number of carbonyl (C=O) groups is 1. The van der Waals surface area contributed by atoms with E-state index in [9.17, 15) is 18.0 Å². The lowest BCUT2D eigenvalue weighted by Gasteiger charge is -2.35. The van der Waals surface area contributed by atoms with Crippen LogP contribution in [-0.4, -0.2) is 69.5 Å². The molecule has 0 radical (unpaired) electrons. The van der Waals surface area contributed by atoms with Gasteiger partial charge in [0, 0.05) is 45.0 Å². The molecule has 6 rings (SSSR count). The van der Waals surface area contributed by atoms with Crippen molar-refractivity contribution in [2.75, 3.05) is 39.5 Å². The molecule has 8 nitrogen and oxygen atoms in total. The largest absolute Gasteiger partial charge is 0.482 e. The predicted octanol–water partition coefficient (Wildman–Crippen LogP) is 5.10. The monoisotopic (exact) mass is 599 g/mol. The molecule has 1 amide bonds. The van der Waals surface area contributed by atoms with Gasteiger partial charge in [0.1, 0.15) is 17.4 Å². The summed E-state index contributed by atoms with van der Waals surface area (Å²) in [5.74, 6) is 0.0938. The summed E-state index contributed by atoms with van der Waals surface area (Å²) in [6.45, 7) is 5.81. The third-order valence-corrected chi connectivity index (χ3v) is 7.91. The number of pyridine rings is 2. The molecule has 1 fully saturated rings. The van der Waals surface area contributed by atoms with Crippen molar-refractivity contribution >= 4 is 23.2 Å². The molecule has 0 aliphatic carbocycles. The van der Waals surface area contributed by atoms with Crippen LogP contribution < -0.4 is 4.74 Å². The predicted molar refractivity (Wildman–Crippen MR) is 149 cm³/mol. The van der Waals surface area contributed by atoms with Gasteiger partial charge in [-0.25, -0.2) is 4.98 Å². The van der Waals surface area contributed by atoms with Gasteiger partial charge in [-0.3, -0.25) is 14.7 Å². The van der Waals surface area contributed by atoms with Gasteiger partial charge in [0.05, 0.1) is 40.9 Å². The van der Waals surface area contributed by atoms with Crippen molar-refractivity contribution in [1.29, 1.82) is 0 Å². The minimum absolute atomic E-state index is 0.168. The van der Waals surface area contributed by atoms with E-state index >= 15 is 0 Å². The van der Waals surface area contributed by atoms with Gasteiger partial charge in [-0.1, -0.05) is 23.7 Å². The number of ether oxygens (including phenoxy) is 2. The van der Waals surface area contributed by atoms with Crippen LogP contribution in [0, 0.1) is 6.92 Å². The number of imidazole rings is 1. The van der Waals surface area contributed by atoms with Gasteiger partial charge in [0.25, 0.3) is 5.91 Å². The van der Waals surface area contributed by atoms with E-state index in [2.05, 4.69) is 14.9 Å².